The van der Waals surface area contributed by atoms with Gasteiger partial charge in [0.05, 0.1) is 24.7 Å². The van der Waals surface area contributed by atoms with Gasteiger partial charge in [-0.2, -0.15) is 0 Å². The molecular weight excluding hydrogens is 236 g/mol. The van der Waals surface area contributed by atoms with Crippen molar-refractivity contribution in [2.45, 2.75) is 26.7 Å². The molecule has 0 radical (unpaired) electrons. The number of likely N-dealkylation sites (N-methyl/N-ethyl adjacent to an activating group) is 1. The quantitative estimate of drug-likeness (QED) is 0.699. The Morgan fingerprint density at radius 2 is 2.29 bits per heavy atom. The molecule has 5 heteroatoms. The summed E-state index contributed by atoms with van der Waals surface area (Å²) in [5.74, 6) is -0.141. The van der Waals surface area contributed by atoms with E-state index < -0.39 is 0 Å². The molecule has 0 bridgehead atoms. The number of carbonyl (C=O) groups is 1. The maximum absolute atomic E-state index is 11.1. The van der Waals surface area contributed by atoms with E-state index in [1.807, 2.05) is 12.4 Å². The van der Waals surface area contributed by atoms with Gasteiger partial charge in [-0.05, 0) is 19.9 Å². The number of nitrogens with zero attached hydrogens (tertiary/aromatic N) is 2. The molecular formula is C12H20N2O2S. The summed E-state index contributed by atoms with van der Waals surface area (Å²) >= 11 is 1.70. The third kappa shape index (κ3) is 4.83. The van der Waals surface area contributed by atoms with Gasteiger partial charge in [0.25, 0.3) is 0 Å². The van der Waals surface area contributed by atoms with Crippen LogP contribution in [0.4, 0.5) is 0 Å². The summed E-state index contributed by atoms with van der Waals surface area (Å²) in [6.07, 6.45) is 1.47. The van der Waals surface area contributed by atoms with E-state index in [0.717, 1.165) is 31.7 Å². The van der Waals surface area contributed by atoms with Gasteiger partial charge >= 0.3 is 5.97 Å². The molecule has 1 heterocycles. The minimum Gasteiger partial charge on any atom is -0.469 e. The predicted octanol–water partition coefficient (Wildman–Crippen LogP) is 1.88. The highest BCUT2D eigenvalue weighted by Gasteiger charge is 2.08. The van der Waals surface area contributed by atoms with Crippen molar-refractivity contribution in [3.63, 3.8) is 0 Å². The van der Waals surface area contributed by atoms with Crippen molar-refractivity contribution in [1.82, 2.24) is 9.88 Å². The Kier molecular flexibility index (Phi) is 6.15. The van der Waals surface area contributed by atoms with Crippen LogP contribution < -0.4 is 0 Å². The minimum atomic E-state index is -0.141. The summed E-state index contributed by atoms with van der Waals surface area (Å²) in [7, 11) is 1.43. The lowest BCUT2D eigenvalue weighted by molar-refractivity contribution is -0.140. The van der Waals surface area contributed by atoms with Gasteiger partial charge in [-0.15, -0.1) is 11.3 Å². The van der Waals surface area contributed by atoms with E-state index in [0.29, 0.717) is 6.42 Å². The van der Waals surface area contributed by atoms with Gasteiger partial charge in [-0.25, -0.2) is 4.98 Å². The fraction of sp³-hybridized carbons (Fsp3) is 0.667. The third-order valence-corrected chi connectivity index (χ3v) is 3.80. The Balaban J connectivity index is 2.32. The third-order valence-electron chi connectivity index (χ3n) is 2.81. The van der Waals surface area contributed by atoms with Gasteiger partial charge < -0.3 is 9.64 Å². The molecule has 0 amide bonds. The zero-order valence-electron chi connectivity index (χ0n) is 10.7. The van der Waals surface area contributed by atoms with Crippen LogP contribution in [0.25, 0.3) is 0 Å². The summed E-state index contributed by atoms with van der Waals surface area (Å²) in [6.45, 7) is 6.83. The van der Waals surface area contributed by atoms with Crippen LogP contribution in [-0.2, 0) is 16.0 Å². The zero-order chi connectivity index (χ0) is 12.7. The monoisotopic (exact) mass is 256 g/mol. The van der Waals surface area contributed by atoms with Crippen LogP contribution >= 0.6 is 11.3 Å². The van der Waals surface area contributed by atoms with E-state index in [-0.39, 0.29) is 5.97 Å². The Hall–Kier alpha value is -0.940. The highest BCUT2D eigenvalue weighted by atomic mass is 32.1. The normalized spacial score (nSPS) is 10.8. The number of ether oxygens (including phenoxy) is 1. The Labute approximate surface area is 107 Å². The van der Waals surface area contributed by atoms with Crippen molar-refractivity contribution in [2.75, 3.05) is 26.7 Å². The van der Waals surface area contributed by atoms with E-state index >= 15 is 0 Å². The summed E-state index contributed by atoms with van der Waals surface area (Å²) in [5, 5.41) is 0. The molecule has 0 fully saturated rings. The van der Waals surface area contributed by atoms with Crippen LogP contribution in [0.2, 0.25) is 0 Å². The molecule has 0 N–H and O–H groups in total. The largest absolute Gasteiger partial charge is 0.469 e. The van der Waals surface area contributed by atoms with Crippen molar-refractivity contribution in [2.24, 2.45) is 0 Å². The smallest absolute Gasteiger partial charge is 0.306 e. The number of esters is 1. The number of methoxy groups -OCH3 is 1. The average molecular weight is 256 g/mol. The van der Waals surface area contributed by atoms with Gasteiger partial charge in [-0.1, -0.05) is 6.92 Å². The van der Waals surface area contributed by atoms with Crippen molar-refractivity contribution >= 4 is 17.3 Å². The van der Waals surface area contributed by atoms with Crippen molar-refractivity contribution in [3.05, 3.63) is 16.1 Å². The standard InChI is InChI=1S/C12H20N2O2S/c1-4-14(8-6-12(15)16-3)7-5-11-10(2)13-9-17-11/h9H,4-8H2,1-3H3. The maximum Gasteiger partial charge on any atom is 0.306 e. The SMILES string of the molecule is CCN(CCC(=O)OC)CCc1scnc1C. The van der Waals surface area contributed by atoms with Crippen LogP contribution in [0.1, 0.15) is 23.9 Å². The fourth-order valence-corrected chi connectivity index (χ4v) is 2.38. The molecule has 1 aromatic heterocycles. The van der Waals surface area contributed by atoms with Gasteiger partial charge in [0, 0.05) is 18.0 Å². The van der Waals surface area contributed by atoms with Gasteiger partial charge in [0.1, 0.15) is 0 Å². The first-order valence-corrected chi connectivity index (χ1v) is 6.73. The lowest BCUT2D eigenvalue weighted by atomic mass is 10.2. The number of carbonyl (C=O) groups excluding carboxylic acids is 1. The number of thiazole rings is 1. The molecule has 0 saturated carbocycles. The molecule has 0 spiro atoms. The van der Waals surface area contributed by atoms with Gasteiger partial charge in [-0.3, -0.25) is 4.79 Å². The van der Waals surface area contributed by atoms with Crippen LogP contribution in [0, 0.1) is 6.92 Å². The number of hydrogen-bond acceptors (Lipinski definition) is 5. The highest BCUT2D eigenvalue weighted by molar-refractivity contribution is 7.09. The first-order valence-electron chi connectivity index (χ1n) is 5.85. The van der Waals surface area contributed by atoms with Crippen molar-refractivity contribution in [3.8, 4) is 0 Å². The second-order valence-corrected chi connectivity index (χ2v) is 4.81. The van der Waals surface area contributed by atoms with Gasteiger partial charge in [0.15, 0.2) is 0 Å². The molecule has 0 aromatic carbocycles. The van der Waals surface area contributed by atoms with E-state index in [1.54, 1.807) is 11.3 Å². The van der Waals surface area contributed by atoms with Crippen LogP contribution in [-0.4, -0.2) is 42.6 Å². The topological polar surface area (TPSA) is 42.4 Å². The second-order valence-electron chi connectivity index (χ2n) is 3.87. The Morgan fingerprint density at radius 3 is 2.82 bits per heavy atom. The fourth-order valence-electron chi connectivity index (χ4n) is 1.61. The zero-order valence-corrected chi connectivity index (χ0v) is 11.5. The predicted molar refractivity (Wildman–Crippen MR) is 69.3 cm³/mol. The van der Waals surface area contributed by atoms with Gasteiger partial charge in [0.2, 0.25) is 0 Å². The molecule has 1 aromatic rings. The molecule has 0 atom stereocenters. The number of aryl methyl sites for hydroxylation is 1. The lowest BCUT2D eigenvalue weighted by Crippen LogP contribution is -2.28. The van der Waals surface area contributed by atoms with Crippen molar-refractivity contribution in [1.29, 1.82) is 0 Å². The highest BCUT2D eigenvalue weighted by Crippen LogP contribution is 2.13. The number of hydrogen-bond donors (Lipinski definition) is 0. The second kappa shape index (κ2) is 7.40. The molecule has 4 nitrogen and oxygen atoms in total. The lowest BCUT2D eigenvalue weighted by Gasteiger charge is -2.19. The Morgan fingerprint density at radius 1 is 1.53 bits per heavy atom. The molecule has 0 unspecified atom stereocenters. The first-order chi connectivity index (χ1) is 8.17. The summed E-state index contributed by atoms with van der Waals surface area (Å²) < 4.78 is 4.64. The Bertz CT molecular complexity index is 352. The van der Waals surface area contributed by atoms with Crippen LogP contribution in [0.3, 0.4) is 0 Å². The first kappa shape index (κ1) is 14.1. The van der Waals surface area contributed by atoms with E-state index in [9.17, 15) is 4.79 Å². The molecule has 0 saturated heterocycles. The van der Waals surface area contributed by atoms with Crippen LogP contribution in [0.5, 0.6) is 0 Å². The molecule has 0 aliphatic heterocycles. The summed E-state index contributed by atoms with van der Waals surface area (Å²) in [4.78, 5) is 18.9. The summed E-state index contributed by atoms with van der Waals surface area (Å²) in [5.41, 5.74) is 3.01. The van der Waals surface area contributed by atoms with E-state index in [4.69, 9.17) is 0 Å². The van der Waals surface area contributed by atoms with Crippen LogP contribution in [0.15, 0.2) is 5.51 Å². The molecule has 96 valence electrons. The molecule has 17 heavy (non-hydrogen) atoms. The van der Waals surface area contributed by atoms with E-state index in [2.05, 4.69) is 21.5 Å². The van der Waals surface area contributed by atoms with Crippen molar-refractivity contribution < 1.29 is 9.53 Å². The van der Waals surface area contributed by atoms with E-state index in [1.165, 1.54) is 12.0 Å². The average Bonchev–Trinajstić information content (AvgIpc) is 2.75. The molecule has 1 rings (SSSR count). The summed E-state index contributed by atoms with van der Waals surface area (Å²) in [6, 6.07) is 0. The number of rotatable bonds is 7. The number of aromatic nitrogens is 1. The molecule has 0 aliphatic rings. The maximum atomic E-state index is 11.1. The minimum absolute atomic E-state index is 0.141. The molecule has 0 aliphatic carbocycles.